The van der Waals surface area contributed by atoms with E-state index in [1.807, 2.05) is 6.92 Å². The largest absolute Gasteiger partial charge is 0.398 e. The lowest BCUT2D eigenvalue weighted by molar-refractivity contribution is 0.581. The summed E-state index contributed by atoms with van der Waals surface area (Å²) in [5.74, 6) is 0. The predicted octanol–water partition coefficient (Wildman–Crippen LogP) is 2.58. The fourth-order valence-electron chi connectivity index (χ4n) is 1.69. The molecule has 0 saturated carbocycles. The normalized spacial score (nSPS) is 11.8. The van der Waals surface area contributed by atoms with E-state index in [0.29, 0.717) is 15.7 Å². The van der Waals surface area contributed by atoms with Crippen molar-refractivity contribution in [1.29, 1.82) is 0 Å². The van der Waals surface area contributed by atoms with Crippen molar-refractivity contribution in [2.45, 2.75) is 25.3 Å². The number of rotatable bonds is 4. The van der Waals surface area contributed by atoms with Gasteiger partial charge in [-0.2, -0.15) is 0 Å². The van der Waals surface area contributed by atoms with Gasteiger partial charge in [0.25, 0.3) is 0 Å². The Kier molecular flexibility index (Phi) is 4.48. The number of thiazole rings is 1. The molecule has 108 valence electrons. The van der Waals surface area contributed by atoms with Crippen LogP contribution in [0.2, 0.25) is 0 Å². The summed E-state index contributed by atoms with van der Waals surface area (Å²) in [6.45, 7) is 3.81. The van der Waals surface area contributed by atoms with Gasteiger partial charge in [-0.25, -0.2) is 18.1 Å². The number of aryl methyl sites for hydroxylation is 2. The molecule has 2 aromatic rings. The summed E-state index contributed by atoms with van der Waals surface area (Å²) in [7, 11) is -3.60. The third-order valence-corrected chi connectivity index (χ3v) is 6.02. The Morgan fingerprint density at radius 2 is 2.10 bits per heavy atom. The average molecular weight is 376 g/mol. The minimum Gasteiger partial charge on any atom is -0.398 e. The molecule has 0 atom stereocenters. The molecule has 0 saturated heterocycles. The van der Waals surface area contributed by atoms with Gasteiger partial charge >= 0.3 is 0 Å². The van der Waals surface area contributed by atoms with E-state index in [1.54, 1.807) is 18.5 Å². The first-order chi connectivity index (χ1) is 9.31. The van der Waals surface area contributed by atoms with Gasteiger partial charge in [0, 0.05) is 21.6 Å². The molecule has 0 radical (unpaired) electrons. The second kappa shape index (κ2) is 5.80. The standard InChI is InChI=1S/C12H14BrN3O2S2/c1-7-3-9(13)10(14)4-12(7)20(17,18)16-5-11-8(2)15-6-19-11/h3-4,6,16H,5,14H2,1-2H3. The minimum absolute atomic E-state index is 0.195. The smallest absolute Gasteiger partial charge is 0.241 e. The van der Waals surface area contributed by atoms with Crippen LogP contribution in [0, 0.1) is 13.8 Å². The maximum atomic E-state index is 12.3. The van der Waals surface area contributed by atoms with Gasteiger partial charge < -0.3 is 5.73 Å². The number of hydrogen-bond acceptors (Lipinski definition) is 5. The third kappa shape index (κ3) is 3.20. The Morgan fingerprint density at radius 1 is 1.40 bits per heavy atom. The molecule has 0 amide bonds. The van der Waals surface area contributed by atoms with Crippen LogP contribution in [0.1, 0.15) is 16.1 Å². The molecule has 2 rings (SSSR count). The van der Waals surface area contributed by atoms with Crippen molar-refractivity contribution < 1.29 is 8.42 Å². The molecule has 0 aliphatic heterocycles. The summed E-state index contributed by atoms with van der Waals surface area (Å²) in [6, 6.07) is 3.16. The van der Waals surface area contributed by atoms with Gasteiger partial charge in [-0.1, -0.05) is 0 Å². The summed E-state index contributed by atoms with van der Waals surface area (Å²) < 4.78 is 27.9. The first-order valence-corrected chi connectivity index (χ1v) is 8.91. The quantitative estimate of drug-likeness (QED) is 0.804. The molecule has 1 heterocycles. The number of nitrogens with one attached hydrogen (secondary N) is 1. The molecule has 8 heteroatoms. The van der Waals surface area contributed by atoms with Crippen LogP contribution in [-0.4, -0.2) is 13.4 Å². The Balaban J connectivity index is 2.27. The topological polar surface area (TPSA) is 85.1 Å². The summed E-state index contributed by atoms with van der Waals surface area (Å²) >= 11 is 4.71. The van der Waals surface area contributed by atoms with E-state index < -0.39 is 10.0 Å². The lowest BCUT2D eigenvalue weighted by atomic mass is 10.2. The van der Waals surface area contributed by atoms with Crippen molar-refractivity contribution in [3.63, 3.8) is 0 Å². The molecule has 20 heavy (non-hydrogen) atoms. The molecule has 5 nitrogen and oxygen atoms in total. The van der Waals surface area contributed by atoms with Gasteiger partial charge in [-0.05, 0) is 47.5 Å². The Labute approximate surface area is 130 Å². The monoisotopic (exact) mass is 375 g/mol. The first kappa shape index (κ1) is 15.4. The molecular formula is C12H14BrN3O2S2. The highest BCUT2D eigenvalue weighted by molar-refractivity contribution is 9.10. The number of sulfonamides is 1. The molecule has 0 bridgehead atoms. The van der Waals surface area contributed by atoms with Gasteiger partial charge in [-0.3, -0.25) is 0 Å². The summed E-state index contributed by atoms with van der Waals surface area (Å²) in [4.78, 5) is 5.18. The minimum atomic E-state index is -3.60. The molecule has 1 aromatic heterocycles. The zero-order valence-electron chi connectivity index (χ0n) is 11.0. The molecule has 0 aliphatic carbocycles. The molecular weight excluding hydrogens is 362 g/mol. The number of benzene rings is 1. The van der Waals surface area contributed by atoms with E-state index in [2.05, 4.69) is 25.6 Å². The fourth-order valence-corrected chi connectivity index (χ4v) is 4.21. The summed E-state index contributed by atoms with van der Waals surface area (Å²) in [5, 5.41) is 0. The van der Waals surface area contributed by atoms with Crippen molar-refractivity contribution in [1.82, 2.24) is 9.71 Å². The second-order valence-corrected chi connectivity index (χ2v) is 7.85. The number of aromatic nitrogens is 1. The Hall–Kier alpha value is -0.960. The highest BCUT2D eigenvalue weighted by atomic mass is 79.9. The van der Waals surface area contributed by atoms with Crippen molar-refractivity contribution in [3.8, 4) is 0 Å². The van der Waals surface area contributed by atoms with Crippen LogP contribution in [0.4, 0.5) is 5.69 Å². The summed E-state index contributed by atoms with van der Waals surface area (Å²) in [5.41, 5.74) is 9.32. The predicted molar refractivity (Wildman–Crippen MR) is 84.2 cm³/mol. The van der Waals surface area contributed by atoms with Gasteiger partial charge in [0.05, 0.1) is 16.1 Å². The van der Waals surface area contributed by atoms with Gasteiger partial charge in [0.2, 0.25) is 10.0 Å². The maximum absolute atomic E-state index is 12.3. The van der Waals surface area contributed by atoms with Crippen molar-refractivity contribution in [2.24, 2.45) is 0 Å². The van der Waals surface area contributed by atoms with Gasteiger partial charge in [0.1, 0.15) is 0 Å². The highest BCUT2D eigenvalue weighted by Gasteiger charge is 2.18. The number of nitrogens with zero attached hydrogens (tertiary/aromatic N) is 1. The number of nitrogens with two attached hydrogens (primary N) is 1. The zero-order chi connectivity index (χ0) is 14.9. The van der Waals surface area contributed by atoms with Crippen molar-refractivity contribution in [2.75, 3.05) is 5.73 Å². The van der Waals surface area contributed by atoms with E-state index in [-0.39, 0.29) is 11.4 Å². The lowest BCUT2D eigenvalue weighted by Gasteiger charge is -2.11. The average Bonchev–Trinajstić information content (AvgIpc) is 2.77. The third-order valence-electron chi connectivity index (χ3n) is 2.85. The molecule has 3 N–H and O–H groups in total. The van der Waals surface area contributed by atoms with E-state index in [4.69, 9.17) is 5.73 Å². The van der Waals surface area contributed by atoms with Gasteiger partial charge in [0.15, 0.2) is 0 Å². The van der Waals surface area contributed by atoms with E-state index >= 15 is 0 Å². The van der Waals surface area contributed by atoms with Crippen LogP contribution in [-0.2, 0) is 16.6 Å². The van der Waals surface area contributed by atoms with Gasteiger partial charge in [-0.15, -0.1) is 11.3 Å². The molecule has 1 aromatic carbocycles. The first-order valence-electron chi connectivity index (χ1n) is 5.75. The van der Waals surface area contributed by atoms with Crippen LogP contribution >= 0.6 is 27.3 Å². The number of halogens is 1. The Bertz CT molecular complexity index is 741. The zero-order valence-corrected chi connectivity index (χ0v) is 14.2. The molecule has 0 unspecified atom stereocenters. The van der Waals surface area contributed by atoms with Crippen LogP contribution in [0.25, 0.3) is 0 Å². The number of hydrogen-bond donors (Lipinski definition) is 2. The van der Waals surface area contributed by atoms with Crippen LogP contribution in [0.3, 0.4) is 0 Å². The molecule has 0 spiro atoms. The Morgan fingerprint density at radius 3 is 2.70 bits per heavy atom. The van der Waals surface area contributed by atoms with E-state index in [1.165, 1.54) is 17.4 Å². The number of nitrogen functional groups attached to an aromatic ring is 1. The molecule has 0 fully saturated rings. The van der Waals surface area contributed by atoms with E-state index in [9.17, 15) is 8.42 Å². The van der Waals surface area contributed by atoms with Crippen molar-refractivity contribution in [3.05, 3.63) is 38.3 Å². The van der Waals surface area contributed by atoms with Crippen LogP contribution in [0.15, 0.2) is 27.0 Å². The van der Waals surface area contributed by atoms with Crippen LogP contribution < -0.4 is 10.5 Å². The SMILES string of the molecule is Cc1cc(Br)c(N)cc1S(=O)(=O)NCc1scnc1C. The number of anilines is 1. The maximum Gasteiger partial charge on any atom is 0.241 e. The lowest BCUT2D eigenvalue weighted by Crippen LogP contribution is -2.24. The van der Waals surface area contributed by atoms with Crippen molar-refractivity contribution >= 4 is 43.0 Å². The van der Waals surface area contributed by atoms with Crippen LogP contribution in [0.5, 0.6) is 0 Å². The second-order valence-electron chi connectivity index (χ2n) is 4.32. The summed E-state index contributed by atoms with van der Waals surface area (Å²) in [6.07, 6.45) is 0. The molecule has 0 aliphatic rings. The highest BCUT2D eigenvalue weighted by Crippen LogP contribution is 2.26. The fraction of sp³-hybridized carbons (Fsp3) is 0.250. The van der Waals surface area contributed by atoms with E-state index in [0.717, 1.165) is 10.6 Å².